The van der Waals surface area contributed by atoms with Gasteiger partial charge >= 0.3 is 0 Å². The number of nitrogens with one attached hydrogen (secondary N) is 1. The van der Waals surface area contributed by atoms with Crippen LogP contribution >= 0.6 is 11.8 Å². The minimum absolute atomic E-state index is 0.0716. The highest BCUT2D eigenvalue weighted by atomic mass is 32.2. The van der Waals surface area contributed by atoms with Gasteiger partial charge < -0.3 is 15.1 Å². The highest BCUT2D eigenvalue weighted by Gasteiger charge is 2.32. The highest BCUT2D eigenvalue weighted by Crippen LogP contribution is 2.29. The fourth-order valence-electron chi connectivity index (χ4n) is 4.42. The number of fused-ring (bicyclic) bond motifs is 1. The molecule has 0 spiro atoms. The number of carbonyl (C=O) groups excluding carboxylic acids is 2. The van der Waals surface area contributed by atoms with Gasteiger partial charge in [-0.1, -0.05) is 31.0 Å². The van der Waals surface area contributed by atoms with Crippen molar-refractivity contribution in [2.75, 3.05) is 32.7 Å². The first-order valence-electron chi connectivity index (χ1n) is 9.94. The van der Waals surface area contributed by atoms with Gasteiger partial charge in [-0.05, 0) is 25.2 Å². The predicted octanol–water partition coefficient (Wildman–Crippen LogP) is 2.18. The van der Waals surface area contributed by atoms with Crippen LogP contribution < -0.4 is 5.32 Å². The van der Waals surface area contributed by atoms with Crippen molar-refractivity contribution in [2.45, 2.75) is 44.9 Å². The fraction of sp³-hybridized carbons (Fsp3) is 0.737. The topological polar surface area (TPSA) is 65.0 Å². The molecule has 142 valence electrons. The molecule has 4 aliphatic rings. The van der Waals surface area contributed by atoms with E-state index in [1.165, 1.54) is 32.1 Å². The third-order valence-electron chi connectivity index (χ3n) is 5.97. The Bertz CT molecular complexity index is 627. The lowest BCUT2D eigenvalue weighted by Crippen LogP contribution is -2.48. The van der Waals surface area contributed by atoms with Gasteiger partial charge in [0.25, 0.3) is 0 Å². The Balaban J connectivity index is 1.27. The first-order valence-corrected chi connectivity index (χ1v) is 10.8. The maximum absolute atomic E-state index is 12.7. The summed E-state index contributed by atoms with van der Waals surface area (Å²) >= 11 is 1.64. The lowest BCUT2D eigenvalue weighted by atomic mass is 9.87. The minimum Gasteiger partial charge on any atom is -0.350 e. The first-order chi connectivity index (χ1) is 12.7. The van der Waals surface area contributed by atoms with E-state index in [0.717, 1.165) is 30.5 Å². The van der Waals surface area contributed by atoms with Gasteiger partial charge in [-0.25, -0.2) is 0 Å². The molecule has 2 fully saturated rings. The third kappa shape index (κ3) is 3.92. The molecule has 0 aromatic carbocycles. The predicted molar refractivity (Wildman–Crippen MR) is 104 cm³/mol. The molecule has 7 heteroatoms. The number of hydrogen-bond donors (Lipinski definition) is 1. The quantitative estimate of drug-likeness (QED) is 0.799. The van der Waals surface area contributed by atoms with E-state index in [2.05, 4.69) is 20.6 Å². The first kappa shape index (κ1) is 17.9. The minimum atomic E-state index is -0.0716. The summed E-state index contributed by atoms with van der Waals surface area (Å²) in [6.45, 7) is 3.74. The van der Waals surface area contributed by atoms with Crippen LogP contribution in [0.1, 0.15) is 44.9 Å². The second-order valence-electron chi connectivity index (χ2n) is 7.80. The molecular weight excluding hydrogens is 348 g/mol. The van der Waals surface area contributed by atoms with Crippen LogP contribution in [0.15, 0.2) is 16.1 Å². The number of rotatable bonds is 5. The van der Waals surface area contributed by atoms with E-state index in [1.54, 1.807) is 11.8 Å². The number of amides is 2. The van der Waals surface area contributed by atoms with Crippen LogP contribution in [-0.4, -0.2) is 59.5 Å². The lowest BCUT2D eigenvalue weighted by molar-refractivity contribution is -0.139. The summed E-state index contributed by atoms with van der Waals surface area (Å²) in [6.07, 6.45) is 7.53. The van der Waals surface area contributed by atoms with Crippen LogP contribution in [0.3, 0.4) is 0 Å². The van der Waals surface area contributed by atoms with Gasteiger partial charge in [0.1, 0.15) is 0 Å². The van der Waals surface area contributed by atoms with Crippen molar-refractivity contribution in [3.8, 4) is 0 Å². The summed E-state index contributed by atoms with van der Waals surface area (Å²) in [5.41, 5.74) is 1.13. The molecule has 3 heterocycles. The van der Waals surface area contributed by atoms with E-state index in [1.807, 2.05) is 4.90 Å². The average Bonchev–Trinajstić information content (AvgIpc) is 3.26. The molecule has 1 atom stereocenters. The van der Waals surface area contributed by atoms with E-state index in [9.17, 15) is 9.59 Å². The number of aliphatic imine (C=N–C) groups is 1. The largest absolute Gasteiger partial charge is 0.350 e. The van der Waals surface area contributed by atoms with Gasteiger partial charge in [0.05, 0.1) is 19.0 Å². The maximum Gasteiger partial charge on any atom is 0.225 e. The van der Waals surface area contributed by atoms with Crippen molar-refractivity contribution in [3.05, 3.63) is 11.1 Å². The zero-order chi connectivity index (χ0) is 17.9. The molecule has 0 aromatic rings. The summed E-state index contributed by atoms with van der Waals surface area (Å²) in [6, 6.07) is 0. The van der Waals surface area contributed by atoms with Gasteiger partial charge in [-0.15, -0.1) is 0 Å². The zero-order valence-electron chi connectivity index (χ0n) is 15.3. The van der Waals surface area contributed by atoms with Crippen LogP contribution in [0, 0.1) is 11.8 Å². The summed E-state index contributed by atoms with van der Waals surface area (Å²) in [7, 11) is 0. The van der Waals surface area contributed by atoms with E-state index < -0.39 is 0 Å². The molecule has 1 aliphatic carbocycles. The molecular formula is C19H28N4O2S. The Morgan fingerprint density at radius 3 is 2.96 bits per heavy atom. The van der Waals surface area contributed by atoms with Gasteiger partial charge in [0.15, 0.2) is 5.17 Å². The molecule has 0 bridgehead atoms. The number of hydrogen-bond acceptors (Lipinski definition) is 5. The van der Waals surface area contributed by atoms with Gasteiger partial charge in [-0.2, -0.15) is 0 Å². The Hall–Kier alpha value is -1.50. The zero-order valence-corrected chi connectivity index (χ0v) is 16.1. The number of nitrogens with zero attached hydrogens (tertiary/aromatic N) is 3. The van der Waals surface area contributed by atoms with Crippen molar-refractivity contribution >= 4 is 28.7 Å². The molecule has 0 radical (unpaired) electrons. The monoisotopic (exact) mass is 376 g/mol. The molecule has 0 unspecified atom stereocenters. The molecule has 1 saturated carbocycles. The molecule has 1 N–H and O–H groups in total. The van der Waals surface area contributed by atoms with Crippen molar-refractivity contribution in [2.24, 2.45) is 16.8 Å². The van der Waals surface area contributed by atoms with E-state index >= 15 is 0 Å². The standard InChI is InChI=1S/C19H28N4O2S/c24-17-7-6-15(12-22(17)11-14-4-2-1-3-5-14)18(25)21-10-16-13-26-19-20-8-9-23(16)19/h13-15H,1-12H2,(H,21,25)/t15-/m0/s1. The molecule has 26 heavy (non-hydrogen) atoms. The Morgan fingerprint density at radius 2 is 2.12 bits per heavy atom. The van der Waals surface area contributed by atoms with Crippen molar-refractivity contribution in [1.82, 2.24) is 15.1 Å². The van der Waals surface area contributed by atoms with E-state index in [0.29, 0.717) is 31.8 Å². The molecule has 0 aromatic heterocycles. The third-order valence-corrected chi connectivity index (χ3v) is 6.92. The van der Waals surface area contributed by atoms with Crippen LogP contribution in [0.5, 0.6) is 0 Å². The number of amidine groups is 1. The Kier molecular flexibility index (Phi) is 5.52. The Morgan fingerprint density at radius 1 is 1.27 bits per heavy atom. The van der Waals surface area contributed by atoms with E-state index in [4.69, 9.17) is 0 Å². The molecule has 4 rings (SSSR count). The SMILES string of the molecule is O=C(NCC1=CSC2=NCCN12)[C@H]1CCC(=O)N(CC2CCCCC2)C1. The number of likely N-dealkylation sites (tertiary alicyclic amines) is 1. The summed E-state index contributed by atoms with van der Waals surface area (Å²) in [5.74, 6) is 0.870. The summed E-state index contributed by atoms with van der Waals surface area (Å²) in [4.78, 5) is 33.5. The number of piperidine rings is 1. The van der Waals surface area contributed by atoms with Crippen molar-refractivity contribution < 1.29 is 9.59 Å². The second kappa shape index (κ2) is 8.03. The molecule has 3 aliphatic heterocycles. The highest BCUT2D eigenvalue weighted by molar-refractivity contribution is 8.16. The fourth-order valence-corrected chi connectivity index (χ4v) is 5.38. The second-order valence-corrected chi connectivity index (χ2v) is 8.64. The smallest absolute Gasteiger partial charge is 0.225 e. The average molecular weight is 377 g/mol. The summed E-state index contributed by atoms with van der Waals surface area (Å²) < 4.78 is 0. The summed E-state index contributed by atoms with van der Waals surface area (Å²) in [5, 5.41) is 6.22. The van der Waals surface area contributed by atoms with Crippen LogP contribution in [0.2, 0.25) is 0 Å². The van der Waals surface area contributed by atoms with Gasteiger partial charge in [0.2, 0.25) is 11.8 Å². The maximum atomic E-state index is 12.7. The lowest BCUT2D eigenvalue weighted by Gasteiger charge is -2.35. The molecule has 6 nitrogen and oxygen atoms in total. The van der Waals surface area contributed by atoms with Crippen LogP contribution in [0.25, 0.3) is 0 Å². The number of carbonyl (C=O) groups is 2. The molecule has 1 saturated heterocycles. The number of thioether (sulfide) groups is 1. The van der Waals surface area contributed by atoms with Gasteiger partial charge in [0, 0.05) is 37.2 Å². The van der Waals surface area contributed by atoms with Crippen molar-refractivity contribution in [3.63, 3.8) is 0 Å². The normalized spacial score (nSPS) is 26.6. The Labute approximate surface area is 159 Å². The van der Waals surface area contributed by atoms with Crippen LogP contribution in [-0.2, 0) is 9.59 Å². The van der Waals surface area contributed by atoms with Crippen LogP contribution in [0.4, 0.5) is 0 Å². The van der Waals surface area contributed by atoms with E-state index in [-0.39, 0.29) is 17.7 Å². The van der Waals surface area contributed by atoms with Gasteiger partial charge in [-0.3, -0.25) is 14.6 Å². The van der Waals surface area contributed by atoms with Crippen molar-refractivity contribution in [1.29, 1.82) is 0 Å². The molecule has 2 amide bonds.